The van der Waals surface area contributed by atoms with Crippen LogP contribution in [0.15, 0.2) is 11.6 Å². The lowest BCUT2D eigenvalue weighted by Crippen LogP contribution is -2.42. The summed E-state index contributed by atoms with van der Waals surface area (Å²) in [5.74, 6) is 4.68. The van der Waals surface area contributed by atoms with Gasteiger partial charge in [-0.3, -0.25) is 0 Å². The van der Waals surface area contributed by atoms with E-state index in [4.69, 9.17) is 5.11 Å². The minimum absolute atomic E-state index is 0.178. The van der Waals surface area contributed by atoms with Crippen molar-refractivity contribution in [3.8, 4) is 17.9 Å². The van der Waals surface area contributed by atoms with Gasteiger partial charge in [-0.15, -0.1) is 0 Å². The molecule has 0 heterocycles. The molecule has 0 aromatic heterocycles. The maximum Gasteiger partial charge on any atom is 0.329 e. The number of hydrogen-bond donors (Lipinski definition) is 2. The number of allylic oxidation sites excluding steroid dienone is 1. The van der Waals surface area contributed by atoms with Gasteiger partial charge < -0.3 is 10.2 Å². The highest BCUT2D eigenvalue weighted by molar-refractivity contribution is 5.82. The van der Waals surface area contributed by atoms with Crippen molar-refractivity contribution in [2.75, 3.05) is 0 Å². The average Bonchev–Trinajstić information content (AvgIpc) is 3.27. The van der Waals surface area contributed by atoms with Gasteiger partial charge >= 0.3 is 5.97 Å². The number of carboxylic acid groups (broad SMARTS) is 1. The minimum Gasteiger partial charge on any atom is -0.478 e. The molecule has 20 heavy (non-hydrogen) atoms. The summed E-state index contributed by atoms with van der Waals surface area (Å²) in [6.07, 6.45) is 4.30. The molecule has 4 heteroatoms. The summed E-state index contributed by atoms with van der Waals surface area (Å²) >= 11 is 0. The highest BCUT2D eigenvalue weighted by Gasteiger charge is 2.60. The third-order valence-corrected chi connectivity index (χ3v) is 4.22. The lowest BCUT2D eigenvalue weighted by atomic mass is 9.77. The summed E-state index contributed by atoms with van der Waals surface area (Å²) in [6, 6.07) is 2.20. The first-order valence-corrected chi connectivity index (χ1v) is 6.96. The Morgan fingerprint density at radius 2 is 2.05 bits per heavy atom. The van der Waals surface area contributed by atoms with E-state index in [1.807, 2.05) is 13.8 Å². The smallest absolute Gasteiger partial charge is 0.329 e. The molecule has 0 bridgehead atoms. The zero-order valence-corrected chi connectivity index (χ0v) is 11.8. The Bertz CT molecular complexity index is 550. The number of aliphatic hydroxyl groups is 1. The van der Waals surface area contributed by atoms with Gasteiger partial charge in [-0.2, -0.15) is 5.26 Å². The predicted octanol–water partition coefficient (Wildman–Crippen LogP) is 2.10. The van der Waals surface area contributed by atoms with Crippen LogP contribution in [0.4, 0.5) is 0 Å². The van der Waals surface area contributed by atoms with Crippen molar-refractivity contribution in [2.24, 2.45) is 17.3 Å². The summed E-state index contributed by atoms with van der Waals surface area (Å²) in [7, 11) is 0. The lowest BCUT2D eigenvalue weighted by Gasteiger charge is -2.31. The third-order valence-electron chi connectivity index (χ3n) is 4.22. The Kier molecular flexibility index (Phi) is 3.63. The van der Waals surface area contributed by atoms with Crippen molar-refractivity contribution in [3.63, 3.8) is 0 Å². The van der Waals surface area contributed by atoms with Gasteiger partial charge in [-0.05, 0) is 37.5 Å². The van der Waals surface area contributed by atoms with Crippen molar-refractivity contribution in [3.05, 3.63) is 11.6 Å². The molecule has 0 amide bonds. The van der Waals surface area contributed by atoms with Gasteiger partial charge in [-0.1, -0.05) is 25.7 Å². The predicted molar refractivity (Wildman–Crippen MR) is 73.3 cm³/mol. The molecule has 0 aromatic rings. The molecule has 2 saturated carbocycles. The molecule has 2 aliphatic rings. The van der Waals surface area contributed by atoms with E-state index < -0.39 is 17.0 Å². The van der Waals surface area contributed by atoms with Crippen molar-refractivity contribution < 1.29 is 15.0 Å². The van der Waals surface area contributed by atoms with Crippen LogP contribution < -0.4 is 0 Å². The standard InChI is InChI=1S/C16H19NO3/c1-11(2)16(20,15(10-17)7-8-15)6-5-13(9-14(18)19)12-3-4-12/h9,11-12,20H,3-4,7-8H2,1-2H3,(H,18,19)/b13-9+. The normalized spacial score (nSPS) is 23.2. The number of hydrogen-bond acceptors (Lipinski definition) is 3. The van der Waals surface area contributed by atoms with Crippen LogP contribution in [0, 0.1) is 40.4 Å². The van der Waals surface area contributed by atoms with E-state index in [-0.39, 0.29) is 11.8 Å². The molecular formula is C16H19NO3. The summed E-state index contributed by atoms with van der Waals surface area (Å²) in [6.45, 7) is 3.67. The van der Waals surface area contributed by atoms with Crippen LogP contribution in [-0.2, 0) is 4.79 Å². The van der Waals surface area contributed by atoms with E-state index in [0.29, 0.717) is 18.4 Å². The molecule has 0 spiro atoms. The maximum absolute atomic E-state index is 10.8. The second-order valence-electron chi connectivity index (χ2n) is 6.08. The molecule has 2 fully saturated rings. The SMILES string of the molecule is CC(C)C(O)(C#C/C(=C\C(=O)O)C1CC1)C1(C#N)CC1. The number of aliphatic carboxylic acids is 1. The van der Waals surface area contributed by atoms with Gasteiger partial charge in [0.2, 0.25) is 0 Å². The second-order valence-corrected chi connectivity index (χ2v) is 6.08. The minimum atomic E-state index is -1.37. The van der Waals surface area contributed by atoms with Crippen LogP contribution in [0.2, 0.25) is 0 Å². The molecule has 106 valence electrons. The fourth-order valence-electron chi connectivity index (χ4n) is 2.47. The maximum atomic E-state index is 10.8. The summed E-state index contributed by atoms with van der Waals surface area (Å²) in [4.78, 5) is 10.8. The summed E-state index contributed by atoms with van der Waals surface area (Å²) in [5, 5.41) is 28.9. The zero-order valence-electron chi connectivity index (χ0n) is 11.8. The van der Waals surface area contributed by atoms with Crippen LogP contribution in [0.1, 0.15) is 39.5 Å². The van der Waals surface area contributed by atoms with E-state index in [9.17, 15) is 15.2 Å². The molecule has 0 saturated heterocycles. The lowest BCUT2D eigenvalue weighted by molar-refractivity contribution is -0.131. The van der Waals surface area contributed by atoms with Gasteiger partial charge in [0.1, 0.15) is 5.60 Å². The van der Waals surface area contributed by atoms with Gasteiger partial charge in [0, 0.05) is 11.6 Å². The Hall–Kier alpha value is -1.78. The molecule has 0 radical (unpaired) electrons. The number of carbonyl (C=O) groups is 1. The largest absolute Gasteiger partial charge is 0.478 e. The van der Waals surface area contributed by atoms with E-state index in [1.54, 1.807) is 0 Å². The average molecular weight is 273 g/mol. The molecule has 4 nitrogen and oxygen atoms in total. The van der Waals surface area contributed by atoms with Gasteiger partial charge in [0.15, 0.2) is 0 Å². The Labute approximate surface area is 119 Å². The first-order chi connectivity index (χ1) is 9.34. The number of carboxylic acids is 1. The van der Waals surface area contributed by atoms with E-state index in [2.05, 4.69) is 17.9 Å². The molecule has 0 aromatic carbocycles. The number of rotatable bonds is 4. The van der Waals surface area contributed by atoms with Gasteiger partial charge in [0.05, 0.1) is 11.5 Å². The second kappa shape index (κ2) is 4.96. The molecule has 0 aliphatic heterocycles. The van der Waals surface area contributed by atoms with Crippen molar-refractivity contribution >= 4 is 5.97 Å². The van der Waals surface area contributed by atoms with Crippen LogP contribution in [0.5, 0.6) is 0 Å². The van der Waals surface area contributed by atoms with E-state index in [0.717, 1.165) is 18.9 Å². The van der Waals surface area contributed by atoms with Gasteiger partial charge in [0.25, 0.3) is 0 Å². The molecular weight excluding hydrogens is 254 g/mol. The number of nitrogens with zero attached hydrogens (tertiary/aromatic N) is 1. The topological polar surface area (TPSA) is 81.3 Å². The first-order valence-electron chi connectivity index (χ1n) is 6.96. The quantitative estimate of drug-likeness (QED) is 0.607. The van der Waals surface area contributed by atoms with E-state index >= 15 is 0 Å². The zero-order chi connectivity index (χ0) is 15.0. The van der Waals surface area contributed by atoms with Crippen molar-refractivity contribution in [1.29, 1.82) is 5.26 Å². The Morgan fingerprint density at radius 3 is 2.40 bits per heavy atom. The fourth-order valence-corrected chi connectivity index (χ4v) is 2.47. The number of nitriles is 1. The molecule has 2 N–H and O–H groups in total. The Morgan fingerprint density at radius 1 is 1.45 bits per heavy atom. The first kappa shape index (κ1) is 14.6. The Balaban J connectivity index is 2.32. The van der Waals surface area contributed by atoms with Crippen LogP contribution in [-0.4, -0.2) is 21.8 Å². The summed E-state index contributed by atoms with van der Waals surface area (Å²) in [5.41, 5.74) is -1.59. The fraction of sp³-hybridized carbons (Fsp3) is 0.625. The third kappa shape index (κ3) is 2.57. The highest BCUT2D eigenvalue weighted by atomic mass is 16.4. The van der Waals surface area contributed by atoms with Crippen LogP contribution in [0.25, 0.3) is 0 Å². The van der Waals surface area contributed by atoms with Crippen molar-refractivity contribution in [1.82, 2.24) is 0 Å². The van der Waals surface area contributed by atoms with Crippen LogP contribution in [0.3, 0.4) is 0 Å². The molecule has 2 rings (SSSR count). The van der Waals surface area contributed by atoms with Crippen molar-refractivity contribution in [2.45, 2.75) is 45.1 Å². The summed E-state index contributed by atoms with van der Waals surface area (Å²) < 4.78 is 0. The van der Waals surface area contributed by atoms with E-state index in [1.165, 1.54) is 0 Å². The molecule has 2 aliphatic carbocycles. The molecule has 1 unspecified atom stereocenters. The van der Waals surface area contributed by atoms with Gasteiger partial charge in [-0.25, -0.2) is 4.79 Å². The van der Waals surface area contributed by atoms with Crippen LogP contribution >= 0.6 is 0 Å². The highest BCUT2D eigenvalue weighted by Crippen LogP contribution is 2.56. The molecule has 1 atom stereocenters. The monoisotopic (exact) mass is 273 g/mol.